The van der Waals surface area contributed by atoms with Gasteiger partial charge in [-0.3, -0.25) is 4.79 Å². The Morgan fingerprint density at radius 2 is 2.00 bits per heavy atom. The first kappa shape index (κ1) is 8.59. The van der Waals surface area contributed by atoms with Gasteiger partial charge in [-0.2, -0.15) is 0 Å². The number of rotatable bonds is 4. The van der Waals surface area contributed by atoms with E-state index in [2.05, 4.69) is 0 Å². The molecule has 1 rings (SSSR count). The Morgan fingerprint density at radius 1 is 1.33 bits per heavy atom. The Morgan fingerprint density at radius 3 is 2.58 bits per heavy atom. The van der Waals surface area contributed by atoms with Crippen LogP contribution in [0.15, 0.2) is 30.3 Å². The maximum atomic E-state index is 11.0. The molecule has 3 heteroatoms. The van der Waals surface area contributed by atoms with Crippen LogP contribution in [0.3, 0.4) is 0 Å². The summed E-state index contributed by atoms with van der Waals surface area (Å²) in [6.07, 6.45) is 0.369. The zero-order valence-electron chi connectivity index (χ0n) is 6.66. The van der Waals surface area contributed by atoms with E-state index >= 15 is 0 Å². The third-order valence-electron chi connectivity index (χ3n) is 1.52. The van der Waals surface area contributed by atoms with Crippen molar-refractivity contribution in [2.24, 2.45) is 0 Å². The Labute approximate surface area is 70.9 Å². The van der Waals surface area contributed by atoms with Crippen molar-refractivity contribution in [3.05, 3.63) is 41.4 Å². The van der Waals surface area contributed by atoms with E-state index in [-0.39, 0.29) is 12.3 Å². The van der Waals surface area contributed by atoms with Crippen LogP contribution in [0.5, 0.6) is 0 Å². The van der Waals surface area contributed by atoms with Crippen molar-refractivity contribution >= 4 is 5.78 Å². The lowest BCUT2D eigenvalue weighted by atomic mass is 10.1. The van der Waals surface area contributed by atoms with Gasteiger partial charge in [-0.15, -0.1) is 0 Å². The van der Waals surface area contributed by atoms with Gasteiger partial charge < -0.3 is 10.6 Å². The lowest BCUT2D eigenvalue weighted by molar-refractivity contribution is -0.467. The first-order chi connectivity index (χ1) is 5.83. The fourth-order valence-corrected chi connectivity index (χ4v) is 0.974. The lowest BCUT2D eigenvalue weighted by Gasteiger charge is -1.95. The van der Waals surface area contributed by atoms with Gasteiger partial charge in [-0.1, -0.05) is 30.3 Å². The fraction of sp³-hybridized carbons (Fsp3) is 0.222. The van der Waals surface area contributed by atoms with Gasteiger partial charge in [0.05, 0.1) is 0 Å². The van der Waals surface area contributed by atoms with Crippen molar-refractivity contribution in [2.75, 3.05) is 6.54 Å². The Hall–Kier alpha value is -1.51. The topological polar surface area (TPSA) is 53.3 Å². The molecule has 12 heavy (non-hydrogen) atoms. The number of Topliss-reactive ketones (excluding diaryl/α,β-unsaturated/α-hetero) is 1. The number of carbonyl (C=O) groups is 1. The summed E-state index contributed by atoms with van der Waals surface area (Å²) in [6, 6.07) is 9.44. The Kier molecular flexibility index (Phi) is 3.14. The van der Waals surface area contributed by atoms with E-state index in [4.69, 9.17) is 5.53 Å². The highest BCUT2D eigenvalue weighted by Gasteiger charge is 2.02. The first-order valence-electron chi connectivity index (χ1n) is 3.75. The van der Waals surface area contributed by atoms with Gasteiger partial charge in [0.15, 0.2) is 12.3 Å². The number of nitrogens with one attached hydrogen (secondary N) is 1. The van der Waals surface area contributed by atoms with Crippen LogP contribution in [0, 0.1) is 0 Å². The van der Waals surface area contributed by atoms with Crippen LogP contribution < -0.4 is 5.11 Å². The van der Waals surface area contributed by atoms with E-state index < -0.39 is 0 Å². The van der Waals surface area contributed by atoms with Crippen molar-refractivity contribution in [3.63, 3.8) is 0 Å². The molecule has 0 unspecified atom stereocenters. The number of benzene rings is 1. The SMILES string of the molecule is [N-]=[NH+]CC(=O)Cc1ccccc1. The van der Waals surface area contributed by atoms with E-state index in [1.807, 2.05) is 35.4 Å². The molecule has 62 valence electrons. The standard InChI is InChI=1S/C9H10N2O/c10-11-7-9(12)6-8-4-2-1-3-5-8/h1-5,11H,6-7H2. The highest BCUT2D eigenvalue weighted by molar-refractivity contribution is 5.81. The summed E-state index contributed by atoms with van der Waals surface area (Å²) < 4.78 is 0. The highest BCUT2D eigenvalue weighted by Crippen LogP contribution is 1.98. The van der Waals surface area contributed by atoms with E-state index in [0.29, 0.717) is 6.42 Å². The number of ketones is 1. The fourth-order valence-electron chi connectivity index (χ4n) is 0.974. The molecule has 1 N–H and O–H groups in total. The van der Waals surface area contributed by atoms with Crippen LogP contribution in [-0.4, -0.2) is 12.3 Å². The van der Waals surface area contributed by atoms with Crippen LogP contribution in [0.1, 0.15) is 5.56 Å². The molecular formula is C9H10N2O. The van der Waals surface area contributed by atoms with Gasteiger partial charge in [0, 0.05) is 6.42 Å². The number of hydrogen-bond donors (Lipinski definition) is 1. The third kappa shape index (κ3) is 2.62. The van der Waals surface area contributed by atoms with E-state index in [1.54, 1.807) is 0 Å². The largest absolute Gasteiger partial charge is 0.508 e. The van der Waals surface area contributed by atoms with E-state index in [0.717, 1.165) is 5.56 Å². The molecule has 0 spiro atoms. The summed E-state index contributed by atoms with van der Waals surface area (Å²) in [6.45, 7) is 0.00882. The highest BCUT2D eigenvalue weighted by atomic mass is 16.1. The van der Waals surface area contributed by atoms with Crippen molar-refractivity contribution in [1.82, 2.24) is 0 Å². The Balaban J connectivity index is 2.52. The second-order valence-corrected chi connectivity index (χ2v) is 2.54. The molecule has 1 aromatic carbocycles. The van der Waals surface area contributed by atoms with Crippen LogP contribution in [0.25, 0.3) is 5.53 Å². The minimum atomic E-state index is -0.0244. The van der Waals surface area contributed by atoms with E-state index in [1.165, 1.54) is 0 Å². The summed E-state index contributed by atoms with van der Waals surface area (Å²) in [5.74, 6) is -0.0244. The molecule has 0 atom stereocenters. The van der Waals surface area contributed by atoms with Crippen LogP contribution in [0.4, 0.5) is 0 Å². The van der Waals surface area contributed by atoms with Crippen LogP contribution in [-0.2, 0) is 11.2 Å². The number of carbonyl (C=O) groups excluding carboxylic acids is 1. The van der Waals surface area contributed by atoms with Gasteiger partial charge in [0.2, 0.25) is 0 Å². The molecule has 0 fully saturated rings. The maximum Gasteiger partial charge on any atom is 0.200 e. The number of hydrogen-bond acceptors (Lipinski definition) is 1. The van der Waals surface area contributed by atoms with Crippen molar-refractivity contribution < 1.29 is 9.91 Å². The minimum absolute atomic E-state index is 0.00882. The first-order valence-corrected chi connectivity index (χ1v) is 3.75. The molecule has 0 radical (unpaired) electrons. The van der Waals surface area contributed by atoms with Gasteiger partial charge in [0.1, 0.15) is 0 Å². The molecule has 0 amide bonds. The van der Waals surface area contributed by atoms with Crippen molar-refractivity contribution in [3.8, 4) is 0 Å². The molecule has 0 heterocycles. The molecule has 0 saturated carbocycles. The van der Waals surface area contributed by atoms with Gasteiger partial charge in [-0.25, -0.2) is 0 Å². The zero-order chi connectivity index (χ0) is 8.81. The Bertz CT molecular complexity index is 269. The summed E-state index contributed by atoms with van der Waals surface area (Å²) in [5.41, 5.74) is 9.21. The molecule has 0 bridgehead atoms. The normalized spacial score (nSPS) is 9.33. The molecule has 0 aliphatic carbocycles. The smallest absolute Gasteiger partial charge is 0.200 e. The molecule has 0 aliphatic heterocycles. The lowest BCUT2D eigenvalue weighted by Crippen LogP contribution is -2.65. The maximum absolute atomic E-state index is 11.0. The second-order valence-electron chi connectivity index (χ2n) is 2.54. The molecular weight excluding hydrogens is 152 g/mol. The summed E-state index contributed by atoms with van der Waals surface area (Å²) >= 11 is 0. The average Bonchev–Trinajstić information content (AvgIpc) is 2.06. The predicted molar refractivity (Wildman–Crippen MR) is 44.3 cm³/mol. The van der Waals surface area contributed by atoms with E-state index in [9.17, 15) is 4.79 Å². The van der Waals surface area contributed by atoms with Crippen LogP contribution >= 0.6 is 0 Å². The van der Waals surface area contributed by atoms with Gasteiger partial charge >= 0.3 is 0 Å². The monoisotopic (exact) mass is 162 g/mol. The predicted octanol–water partition coefficient (Wildman–Crippen LogP) is -0.0996. The minimum Gasteiger partial charge on any atom is -0.508 e. The van der Waals surface area contributed by atoms with Crippen LogP contribution in [0.2, 0.25) is 0 Å². The molecule has 3 nitrogen and oxygen atoms in total. The zero-order valence-corrected chi connectivity index (χ0v) is 6.66. The summed E-state index contributed by atoms with van der Waals surface area (Å²) in [4.78, 5) is 11.0. The molecule has 0 aliphatic rings. The molecule has 0 aromatic heterocycles. The van der Waals surface area contributed by atoms with Crippen molar-refractivity contribution in [2.45, 2.75) is 6.42 Å². The van der Waals surface area contributed by atoms with Gasteiger partial charge in [-0.05, 0) is 5.56 Å². The number of nitrogens with zero attached hydrogens (tertiary/aromatic N) is 1. The second kappa shape index (κ2) is 4.38. The summed E-state index contributed by atoms with van der Waals surface area (Å²) in [7, 11) is 0. The van der Waals surface area contributed by atoms with Gasteiger partial charge in [0.25, 0.3) is 0 Å². The summed E-state index contributed by atoms with van der Waals surface area (Å²) in [5, 5.41) is 1.84. The quantitative estimate of drug-likeness (QED) is 0.617. The average molecular weight is 162 g/mol. The van der Waals surface area contributed by atoms with Crippen molar-refractivity contribution in [1.29, 1.82) is 0 Å². The molecule has 1 aromatic rings. The molecule has 0 saturated heterocycles. The third-order valence-corrected chi connectivity index (χ3v) is 1.52.